The number of nitrogens with two attached hydrogens (primary N) is 1. The van der Waals surface area contributed by atoms with E-state index in [-0.39, 0.29) is 78.5 Å². The molecular formula is C47H27F22N9O. The number of rotatable bonds is 8. The van der Waals surface area contributed by atoms with Gasteiger partial charge in [-0.1, -0.05) is 12.1 Å². The number of halogens is 22. The number of carbonyl (C=O) groups is 1. The summed E-state index contributed by atoms with van der Waals surface area (Å²) >= 11 is 0. The van der Waals surface area contributed by atoms with Crippen LogP contribution in [0.5, 0.6) is 0 Å². The largest absolute Gasteiger partial charge is 0.435 e. The second-order valence-electron chi connectivity index (χ2n) is 15.8. The van der Waals surface area contributed by atoms with Gasteiger partial charge < -0.3 is 16.4 Å². The molecule has 0 saturated heterocycles. The zero-order valence-electron chi connectivity index (χ0n) is 38.3. The Hall–Kier alpha value is -8.74. The van der Waals surface area contributed by atoms with Crippen molar-refractivity contribution in [1.82, 2.24) is 29.3 Å². The van der Waals surface area contributed by atoms with E-state index in [1.165, 1.54) is 30.3 Å². The highest BCUT2D eigenvalue weighted by Crippen LogP contribution is 2.40. The average Bonchev–Trinajstić information content (AvgIpc) is 4.27. The fourth-order valence-electron chi connectivity index (χ4n) is 6.58. The molecule has 8 rings (SSSR count). The summed E-state index contributed by atoms with van der Waals surface area (Å²) in [6.07, 6.45) is -30.2. The van der Waals surface area contributed by atoms with Gasteiger partial charge in [0, 0.05) is 47.4 Å². The van der Waals surface area contributed by atoms with E-state index in [4.69, 9.17) is 5.73 Å². The Balaban J connectivity index is 0.000000195. The van der Waals surface area contributed by atoms with Crippen molar-refractivity contribution in [2.24, 2.45) is 0 Å². The quantitative estimate of drug-likeness (QED) is 0.103. The maximum Gasteiger partial charge on any atom is 0.435 e. The number of carbonyl (C=O) groups excluding carboxylic acids is 1. The first-order chi connectivity index (χ1) is 36.4. The molecule has 0 aliphatic heterocycles. The molecule has 1 amide bonds. The van der Waals surface area contributed by atoms with Crippen LogP contribution in [-0.4, -0.2) is 35.2 Å². The normalized spacial score (nSPS) is 12.3. The van der Waals surface area contributed by atoms with Crippen LogP contribution >= 0.6 is 0 Å². The molecule has 0 saturated carbocycles. The number of aromatic nitrogens is 6. The minimum absolute atomic E-state index is 0.0314. The van der Waals surface area contributed by atoms with Gasteiger partial charge in [0.1, 0.15) is 45.9 Å². The van der Waals surface area contributed by atoms with Gasteiger partial charge in [-0.05, 0) is 97.1 Å². The van der Waals surface area contributed by atoms with Crippen molar-refractivity contribution in [3.63, 3.8) is 0 Å². The lowest BCUT2D eigenvalue weighted by Crippen LogP contribution is -2.16. The van der Waals surface area contributed by atoms with Gasteiger partial charge >= 0.3 is 37.1 Å². The van der Waals surface area contributed by atoms with E-state index in [0.29, 0.717) is 0 Å². The van der Waals surface area contributed by atoms with Crippen LogP contribution in [0.2, 0.25) is 0 Å². The van der Waals surface area contributed by atoms with Crippen molar-refractivity contribution in [3.8, 4) is 17.1 Å². The van der Waals surface area contributed by atoms with E-state index < -0.39 is 106 Å². The van der Waals surface area contributed by atoms with Crippen LogP contribution in [0, 0.1) is 23.3 Å². The van der Waals surface area contributed by atoms with E-state index in [2.05, 4.69) is 25.9 Å². The molecule has 0 atom stereocenters. The fraction of sp³-hybridized carbons (Fsp3) is 0.149. The molecule has 3 aromatic heterocycles. The number of hydrogen-bond donors (Lipinski definition) is 3. The molecule has 0 spiro atoms. The van der Waals surface area contributed by atoms with Crippen molar-refractivity contribution in [2.75, 3.05) is 16.4 Å². The second kappa shape index (κ2) is 22.3. The molecular weight excluding hydrogens is 1120 g/mol. The van der Waals surface area contributed by atoms with Gasteiger partial charge in [0.15, 0.2) is 17.1 Å². The van der Waals surface area contributed by atoms with Crippen LogP contribution in [0.25, 0.3) is 17.1 Å². The fourth-order valence-corrected chi connectivity index (χ4v) is 6.58. The van der Waals surface area contributed by atoms with Gasteiger partial charge in [0.2, 0.25) is 0 Å². The predicted molar refractivity (Wildman–Crippen MR) is 233 cm³/mol. The lowest BCUT2D eigenvalue weighted by molar-refractivity contribution is -0.145. The maximum atomic E-state index is 13.6. The number of hydrogen-bond acceptors (Lipinski definition) is 6. The standard InChI is InChI=1S/C18H9F8N3O.C18H11F8N3.C11H7F6N3/c19-11-2-1-3-12(20)15(11)16(30)27-9-4-6-10(7-5-9)29-14(18(24,25)26)8-13(28-29)17(21,22)23;19-13-2-1-3-14(20)12(13)9-27-10-4-6-11(7-5-10)29-16(18(24,25)26)8-15(28-29)17(21,22)23;12-10(13,14)8-5-9(11(15,16)17)20(19-8)7-3-1-6(18)2-4-7/h1-8H,(H,27,30);1-8,27H,9H2;1-5H,18H2. The van der Waals surface area contributed by atoms with E-state index in [1.807, 2.05) is 0 Å². The van der Waals surface area contributed by atoms with Crippen LogP contribution in [0.15, 0.2) is 127 Å². The molecule has 0 unspecified atom stereocenters. The number of nitrogens with zero attached hydrogens (tertiary/aromatic N) is 6. The number of anilines is 3. The Labute approximate surface area is 426 Å². The van der Waals surface area contributed by atoms with Crippen molar-refractivity contribution < 1.29 is 101 Å². The smallest absolute Gasteiger partial charge is 0.399 e. The topological polar surface area (TPSA) is 121 Å². The van der Waals surface area contributed by atoms with Gasteiger partial charge in [-0.25, -0.2) is 31.6 Å². The summed E-state index contributed by atoms with van der Waals surface area (Å²) in [6.45, 7) is -0.244. The molecule has 3 heterocycles. The minimum atomic E-state index is -5.12. The van der Waals surface area contributed by atoms with Crippen LogP contribution in [0.4, 0.5) is 114 Å². The van der Waals surface area contributed by atoms with E-state index >= 15 is 0 Å². The number of amides is 1. The number of alkyl halides is 18. The van der Waals surface area contributed by atoms with Crippen LogP contribution in [0.3, 0.4) is 0 Å². The zero-order valence-corrected chi connectivity index (χ0v) is 38.3. The number of nitrogens with one attached hydrogen (secondary N) is 2. The first-order valence-corrected chi connectivity index (χ1v) is 21.2. The van der Waals surface area contributed by atoms with Crippen molar-refractivity contribution in [3.05, 3.63) is 196 Å². The van der Waals surface area contributed by atoms with Gasteiger partial charge in [-0.2, -0.15) is 94.3 Å². The summed E-state index contributed by atoms with van der Waals surface area (Å²) in [5, 5.41) is 13.8. The minimum Gasteiger partial charge on any atom is -0.399 e. The highest BCUT2D eigenvalue weighted by molar-refractivity contribution is 6.04. The Kier molecular flexibility index (Phi) is 16.8. The summed E-state index contributed by atoms with van der Waals surface area (Å²) in [5.41, 5.74) is -5.83. The molecule has 0 radical (unpaired) electrons. The lowest BCUT2D eigenvalue weighted by Gasteiger charge is -2.12. The summed E-state index contributed by atoms with van der Waals surface area (Å²) in [4.78, 5) is 12.0. The SMILES string of the molecule is Fc1cccc(F)c1CNc1ccc(-n2nc(C(F)(F)F)cc2C(F)(F)F)cc1.Nc1ccc(-n2nc(C(F)(F)F)cc2C(F)(F)F)cc1.O=C(Nc1ccc(-n2nc(C(F)(F)F)cc2C(F)(F)F)cc1)c1c(F)cccc1F. The van der Waals surface area contributed by atoms with Crippen LogP contribution in [-0.2, 0) is 43.6 Å². The van der Waals surface area contributed by atoms with E-state index in [1.54, 1.807) is 0 Å². The third kappa shape index (κ3) is 14.6. The van der Waals surface area contributed by atoms with Crippen LogP contribution < -0.4 is 16.4 Å². The van der Waals surface area contributed by atoms with Crippen molar-refractivity contribution in [1.29, 1.82) is 0 Å². The molecule has 0 fully saturated rings. The third-order valence-corrected chi connectivity index (χ3v) is 10.2. The van der Waals surface area contributed by atoms with Gasteiger partial charge in [-0.15, -0.1) is 0 Å². The highest BCUT2D eigenvalue weighted by atomic mass is 19.4. The molecule has 0 bridgehead atoms. The van der Waals surface area contributed by atoms with Crippen molar-refractivity contribution >= 4 is 23.0 Å². The predicted octanol–water partition coefficient (Wildman–Crippen LogP) is 14.7. The molecule has 8 aromatic rings. The summed E-state index contributed by atoms with van der Waals surface area (Å²) in [7, 11) is 0. The first-order valence-electron chi connectivity index (χ1n) is 21.2. The lowest BCUT2D eigenvalue weighted by atomic mass is 10.1. The highest BCUT2D eigenvalue weighted by Gasteiger charge is 2.45. The maximum absolute atomic E-state index is 13.6. The van der Waals surface area contributed by atoms with Gasteiger partial charge in [-0.3, -0.25) is 4.79 Å². The number of benzene rings is 5. The van der Waals surface area contributed by atoms with Crippen molar-refractivity contribution in [2.45, 2.75) is 43.6 Å². The van der Waals surface area contributed by atoms with Gasteiger partial charge in [0.25, 0.3) is 5.91 Å². The molecule has 79 heavy (non-hydrogen) atoms. The molecule has 32 heteroatoms. The van der Waals surface area contributed by atoms with Crippen LogP contribution in [0.1, 0.15) is 50.1 Å². The van der Waals surface area contributed by atoms with E-state index in [0.717, 1.165) is 78.9 Å². The Morgan fingerprint density at radius 2 is 0.722 bits per heavy atom. The summed E-state index contributed by atoms with van der Waals surface area (Å²) < 4.78 is 286. The van der Waals surface area contributed by atoms with E-state index in [9.17, 15) is 101 Å². The first kappa shape index (κ1) is 59.5. The molecule has 0 aliphatic rings. The second-order valence-corrected chi connectivity index (χ2v) is 15.8. The Morgan fingerprint density at radius 1 is 0.418 bits per heavy atom. The zero-order chi connectivity index (χ0) is 58.8. The molecule has 5 aromatic carbocycles. The Morgan fingerprint density at radius 3 is 1.04 bits per heavy atom. The average molecular weight is 1150 g/mol. The molecule has 4 N–H and O–H groups in total. The summed E-state index contributed by atoms with van der Waals surface area (Å²) in [6, 6.07) is 19.4. The monoisotopic (exact) mass is 1150 g/mol. The molecule has 10 nitrogen and oxygen atoms in total. The molecule has 420 valence electrons. The Bertz CT molecular complexity index is 3360. The third-order valence-electron chi connectivity index (χ3n) is 10.2. The number of nitrogen functional groups attached to an aromatic ring is 1. The summed E-state index contributed by atoms with van der Waals surface area (Å²) in [5.74, 6) is -4.97. The van der Waals surface area contributed by atoms with Gasteiger partial charge in [0.05, 0.1) is 17.1 Å². The molecule has 0 aliphatic carbocycles.